The number of pyridine rings is 1. The molecule has 0 saturated carbocycles. The maximum absolute atomic E-state index is 12.4. The Bertz CT molecular complexity index is 699. The molecule has 2 N–H and O–H groups in total. The molecule has 0 saturated heterocycles. The lowest BCUT2D eigenvalue weighted by atomic mass is 10.0. The van der Waals surface area contributed by atoms with E-state index in [-0.39, 0.29) is 5.56 Å². The van der Waals surface area contributed by atoms with Crippen molar-refractivity contribution in [3.63, 3.8) is 0 Å². The van der Waals surface area contributed by atoms with Gasteiger partial charge in [-0.05, 0) is 43.9 Å². The normalized spacial score (nSPS) is 11.1. The van der Waals surface area contributed by atoms with Crippen LogP contribution in [0.3, 0.4) is 0 Å². The van der Waals surface area contributed by atoms with Gasteiger partial charge in [-0.15, -0.1) is 0 Å². The van der Waals surface area contributed by atoms with Crippen molar-refractivity contribution in [1.29, 1.82) is 0 Å². The second-order valence-electron chi connectivity index (χ2n) is 6.13. The van der Waals surface area contributed by atoms with Crippen molar-refractivity contribution in [2.45, 2.75) is 40.7 Å². The van der Waals surface area contributed by atoms with Crippen LogP contribution in [0, 0.1) is 19.8 Å². The number of benzene rings is 1. The highest BCUT2D eigenvalue weighted by Crippen LogP contribution is 2.24. The first kappa shape index (κ1) is 15.4. The lowest BCUT2D eigenvalue weighted by Gasteiger charge is -2.16. The van der Waals surface area contributed by atoms with Crippen LogP contribution >= 0.6 is 0 Å². The van der Waals surface area contributed by atoms with Gasteiger partial charge >= 0.3 is 0 Å². The molecule has 0 aliphatic rings. The number of nitrogens with two attached hydrogens (primary N) is 1. The number of nitrogen functional groups attached to an aromatic ring is 1. The van der Waals surface area contributed by atoms with Crippen molar-refractivity contribution in [3.8, 4) is 11.3 Å². The number of anilines is 1. The van der Waals surface area contributed by atoms with E-state index >= 15 is 0 Å². The van der Waals surface area contributed by atoms with Crippen LogP contribution in [0.15, 0.2) is 35.1 Å². The van der Waals surface area contributed by atoms with Crippen LogP contribution in [-0.4, -0.2) is 4.57 Å². The fraction of sp³-hybridized carbons (Fsp3) is 0.389. The Hall–Kier alpha value is -2.03. The Labute approximate surface area is 126 Å². The molecule has 0 radical (unpaired) electrons. The minimum Gasteiger partial charge on any atom is -0.394 e. The number of nitrogens with zero attached hydrogens (tertiary/aromatic N) is 1. The molecule has 112 valence electrons. The van der Waals surface area contributed by atoms with Crippen LogP contribution in [-0.2, 0) is 6.54 Å². The van der Waals surface area contributed by atoms with Crippen molar-refractivity contribution in [3.05, 3.63) is 51.8 Å². The molecule has 1 aromatic carbocycles. The van der Waals surface area contributed by atoms with Gasteiger partial charge in [0.2, 0.25) is 0 Å². The van der Waals surface area contributed by atoms with Crippen LogP contribution in [0.25, 0.3) is 11.3 Å². The summed E-state index contributed by atoms with van der Waals surface area (Å²) in [6.45, 7) is 9.17. The van der Waals surface area contributed by atoms with Crippen LogP contribution < -0.4 is 11.3 Å². The predicted octanol–water partition coefficient (Wildman–Crippen LogP) is 3.76. The van der Waals surface area contributed by atoms with Gasteiger partial charge in [-0.1, -0.05) is 37.6 Å². The third kappa shape index (κ3) is 3.35. The molecule has 0 bridgehead atoms. The second kappa shape index (κ2) is 6.17. The molecule has 0 atom stereocenters. The molecule has 0 fully saturated rings. The van der Waals surface area contributed by atoms with Crippen molar-refractivity contribution >= 4 is 5.69 Å². The monoisotopic (exact) mass is 284 g/mol. The summed E-state index contributed by atoms with van der Waals surface area (Å²) in [5, 5.41) is 0. The highest BCUT2D eigenvalue weighted by atomic mass is 16.1. The van der Waals surface area contributed by atoms with Crippen molar-refractivity contribution in [1.82, 2.24) is 4.57 Å². The quantitative estimate of drug-likeness (QED) is 0.929. The average molecular weight is 284 g/mol. The number of aromatic nitrogens is 1. The highest BCUT2D eigenvalue weighted by molar-refractivity contribution is 5.65. The Morgan fingerprint density at radius 3 is 2.48 bits per heavy atom. The molecule has 0 aliphatic carbocycles. The minimum atomic E-state index is -0.0897. The summed E-state index contributed by atoms with van der Waals surface area (Å²) in [5.41, 5.74) is 10.5. The molecule has 0 spiro atoms. The zero-order valence-corrected chi connectivity index (χ0v) is 13.3. The highest BCUT2D eigenvalue weighted by Gasteiger charge is 2.11. The molecule has 2 rings (SSSR count). The van der Waals surface area contributed by atoms with Gasteiger partial charge in [-0.25, -0.2) is 0 Å². The van der Waals surface area contributed by atoms with Crippen LogP contribution in [0.5, 0.6) is 0 Å². The van der Waals surface area contributed by atoms with Crippen molar-refractivity contribution in [2.75, 3.05) is 5.73 Å². The summed E-state index contributed by atoms with van der Waals surface area (Å²) < 4.78 is 1.81. The Morgan fingerprint density at radius 2 is 1.86 bits per heavy atom. The van der Waals surface area contributed by atoms with E-state index in [4.69, 9.17) is 5.73 Å². The van der Waals surface area contributed by atoms with E-state index in [1.165, 1.54) is 11.1 Å². The summed E-state index contributed by atoms with van der Waals surface area (Å²) in [4.78, 5) is 12.4. The predicted molar refractivity (Wildman–Crippen MR) is 89.5 cm³/mol. The maximum atomic E-state index is 12.4. The van der Waals surface area contributed by atoms with E-state index in [0.29, 0.717) is 18.2 Å². The van der Waals surface area contributed by atoms with Crippen molar-refractivity contribution < 1.29 is 0 Å². The number of hydrogen-bond acceptors (Lipinski definition) is 2. The number of aryl methyl sites for hydroxylation is 2. The third-order valence-electron chi connectivity index (χ3n) is 3.79. The van der Waals surface area contributed by atoms with E-state index in [2.05, 4.69) is 45.9 Å². The molecule has 0 unspecified atom stereocenters. The van der Waals surface area contributed by atoms with Gasteiger partial charge < -0.3 is 10.3 Å². The molecule has 0 aliphatic heterocycles. The third-order valence-corrected chi connectivity index (χ3v) is 3.79. The molecule has 1 heterocycles. The summed E-state index contributed by atoms with van der Waals surface area (Å²) in [7, 11) is 0. The van der Waals surface area contributed by atoms with Crippen LogP contribution in [0.2, 0.25) is 0 Å². The first-order valence-electron chi connectivity index (χ1n) is 7.47. The second-order valence-corrected chi connectivity index (χ2v) is 6.13. The Balaban J connectivity index is 2.57. The molecule has 2 aromatic rings. The number of hydrogen-bond donors (Lipinski definition) is 1. The molecular formula is C18H24N2O. The van der Waals surface area contributed by atoms with Crippen LogP contribution in [0.1, 0.15) is 31.4 Å². The molecule has 0 amide bonds. The maximum Gasteiger partial charge on any atom is 0.274 e. The van der Waals surface area contributed by atoms with E-state index in [0.717, 1.165) is 17.7 Å². The molecular weight excluding hydrogens is 260 g/mol. The Kier molecular flexibility index (Phi) is 4.51. The van der Waals surface area contributed by atoms with E-state index < -0.39 is 0 Å². The first-order valence-corrected chi connectivity index (χ1v) is 7.47. The van der Waals surface area contributed by atoms with Gasteiger partial charge in [0.05, 0.1) is 11.4 Å². The zero-order valence-electron chi connectivity index (χ0n) is 13.3. The van der Waals surface area contributed by atoms with Gasteiger partial charge in [-0.2, -0.15) is 0 Å². The van der Waals surface area contributed by atoms with E-state index in [1.807, 2.05) is 10.6 Å². The van der Waals surface area contributed by atoms with Crippen molar-refractivity contribution in [2.24, 2.45) is 5.92 Å². The van der Waals surface area contributed by atoms with Crippen LogP contribution in [0.4, 0.5) is 5.69 Å². The lowest BCUT2D eigenvalue weighted by molar-refractivity contribution is 0.511. The summed E-state index contributed by atoms with van der Waals surface area (Å²) in [6.07, 6.45) is 0.960. The fourth-order valence-corrected chi connectivity index (χ4v) is 2.54. The Morgan fingerprint density at radius 1 is 1.14 bits per heavy atom. The summed E-state index contributed by atoms with van der Waals surface area (Å²) in [6, 6.07) is 9.97. The topological polar surface area (TPSA) is 48.0 Å². The molecule has 21 heavy (non-hydrogen) atoms. The van der Waals surface area contributed by atoms with Gasteiger partial charge in [-0.3, -0.25) is 4.79 Å². The minimum absolute atomic E-state index is 0.0897. The standard InChI is InChI=1S/C18H24N2O/c1-12(2)9-10-20-17(8-7-16(19)18(20)21)15-6-5-13(3)11-14(15)4/h5-8,11-12H,9-10,19H2,1-4H3. The lowest BCUT2D eigenvalue weighted by Crippen LogP contribution is -2.25. The molecule has 3 nitrogen and oxygen atoms in total. The van der Waals surface area contributed by atoms with Gasteiger partial charge in [0.15, 0.2) is 0 Å². The summed E-state index contributed by atoms with van der Waals surface area (Å²) in [5.74, 6) is 0.547. The van der Waals surface area contributed by atoms with Gasteiger partial charge in [0, 0.05) is 12.1 Å². The zero-order chi connectivity index (χ0) is 15.6. The van der Waals surface area contributed by atoms with Gasteiger partial charge in [0.1, 0.15) is 0 Å². The summed E-state index contributed by atoms with van der Waals surface area (Å²) >= 11 is 0. The average Bonchev–Trinajstić information content (AvgIpc) is 2.41. The largest absolute Gasteiger partial charge is 0.394 e. The van der Waals surface area contributed by atoms with Gasteiger partial charge in [0.25, 0.3) is 5.56 Å². The molecule has 1 aromatic heterocycles. The SMILES string of the molecule is Cc1ccc(-c2ccc(N)c(=O)n2CCC(C)C)c(C)c1. The van der Waals surface area contributed by atoms with E-state index in [9.17, 15) is 4.79 Å². The smallest absolute Gasteiger partial charge is 0.274 e. The molecule has 3 heteroatoms. The first-order chi connectivity index (χ1) is 9.90. The number of rotatable bonds is 4. The fourth-order valence-electron chi connectivity index (χ4n) is 2.54. The van der Waals surface area contributed by atoms with E-state index in [1.54, 1.807) is 6.07 Å².